The van der Waals surface area contributed by atoms with Crippen molar-refractivity contribution in [1.29, 1.82) is 0 Å². The van der Waals surface area contributed by atoms with Crippen LogP contribution in [0, 0.1) is 0 Å². The Morgan fingerprint density at radius 1 is 1.03 bits per heavy atom. The summed E-state index contributed by atoms with van der Waals surface area (Å²) in [6, 6.07) is 18.5. The summed E-state index contributed by atoms with van der Waals surface area (Å²) in [6.07, 6.45) is 1.57. The number of thioether (sulfide) groups is 1. The number of aromatic nitrogens is 4. The molecule has 2 aromatic carbocycles. The second-order valence-corrected chi connectivity index (χ2v) is 9.95. The predicted octanol–water partition coefficient (Wildman–Crippen LogP) is 6.51. The first-order chi connectivity index (χ1) is 17.1. The molecule has 0 aliphatic heterocycles. The first kappa shape index (κ1) is 23.6. The van der Waals surface area contributed by atoms with E-state index in [9.17, 15) is 4.79 Å². The number of hydrogen-bond donors (Lipinski definition) is 1. The van der Waals surface area contributed by atoms with Crippen molar-refractivity contribution in [3.05, 3.63) is 98.8 Å². The van der Waals surface area contributed by atoms with Crippen LogP contribution in [0.1, 0.15) is 21.3 Å². The molecule has 35 heavy (non-hydrogen) atoms. The summed E-state index contributed by atoms with van der Waals surface area (Å²) in [7, 11) is 0. The normalized spacial score (nSPS) is 11.0. The highest BCUT2D eigenvalue weighted by Gasteiger charge is 2.20. The smallest absolute Gasteiger partial charge is 0.271 e. The number of halogens is 2. The number of carbonyl (C=O) groups is 1. The third-order valence-corrected chi connectivity index (χ3v) is 7.57. The first-order valence-electron chi connectivity index (χ1n) is 10.4. The fourth-order valence-corrected chi connectivity index (χ4v) is 5.49. The minimum absolute atomic E-state index is 0.255. The summed E-state index contributed by atoms with van der Waals surface area (Å²) in [5, 5.41) is 15.9. The van der Waals surface area contributed by atoms with Crippen LogP contribution in [0.5, 0.6) is 0 Å². The third kappa shape index (κ3) is 5.28. The Morgan fingerprint density at radius 3 is 2.60 bits per heavy atom. The molecule has 1 N–H and O–H groups in total. The maximum absolute atomic E-state index is 12.4. The molecule has 0 saturated heterocycles. The number of carbonyl (C=O) groups excluding carboxylic acids is 1. The van der Waals surface area contributed by atoms with E-state index in [1.54, 1.807) is 23.8 Å². The molecule has 7 nitrogen and oxygen atoms in total. The average Bonchev–Trinajstić information content (AvgIpc) is 3.63. The summed E-state index contributed by atoms with van der Waals surface area (Å²) in [4.78, 5) is 16.9. The molecule has 3 heterocycles. The molecular formula is C24H17Cl2N5O2S2. The van der Waals surface area contributed by atoms with Crippen LogP contribution in [0.3, 0.4) is 0 Å². The lowest BCUT2D eigenvalue weighted by molar-refractivity contribution is 0.0943. The highest BCUT2D eigenvalue weighted by atomic mass is 35.5. The van der Waals surface area contributed by atoms with Crippen molar-refractivity contribution >= 4 is 52.2 Å². The van der Waals surface area contributed by atoms with E-state index < -0.39 is 0 Å². The van der Waals surface area contributed by atoms with E-state index in [4.69, 9.17) is 27.6 Å². The lowest BCUT2D eigenvalue weighted by atomic mass is 10.2. The van der Waals surface area contributed by atoms with Gasteiger partial charge in [0.05, 0.1) is 34.3 Å². The van der Waals surface area contributed by atoms with E-state index in [1.807, 2.05) is 53.1 Å². The minimum atomic E-state index is -0.255. The Morgan fingerprint density at radius 2 is 1.83 bits per heavy atom. The molecule has 0 fully saturated rings. The van der Waals surface area contributed by atoms with Crippen LogP contribution >= 0.6 is 46.3 Å². The Balaban J connectivity index is 1.37. The molecule has 0 unspecified atom stereocenters. The van der Waals surface area contributed by atoms with Gasteiger partial charge in [0.25, 0.3) is 5.91 Å². The fourth-order valence-electron chi connectivity index (χ4n) is 3.31. The molecular weight excluding hydrogens is 525 g/mol. The number of nitrogens with one attached hydrogen (secondary N) is 1. The van der Waals surface area contributed by atoms with Gasteiger partial charge in [-0.05, 0) is 36.4 Å². The number of hydrogen-bond acceptors (Lipinski definition) is 7. The molecule has 11 heteroatoms. The molecule has 176 valence electrons. The number of benzene rings is 2. The Bertz CT molecular complexity index is 1470. The minimum Gasteiger partial charge on any atom is -0.467 e. The quantitative estimate of drug-likeness (QED) is 0.225. The van der Waals surface area contributed by atoms with Crippen molar-refractivity contribution in [3.8, 4) is 17.1 Å². The van der Waals surface area contributed by atoms with Gasteiger partial charge in [-0.15, -0.1) is 21.5 Å². The maximum atomic E-state index is 12.4. The molecule has 0 aliphatic rings. The summed E-state index contributed by atoms with van der Waals surface area (Å²) in [6.45, 7) is 0.305. The Kier molecular flexibility index (Phi) is 7.19. The van der Waals surface area contributed by atoms with Gasteiger partial charge in [0, 0.05) is 10.9 Å². The van der Waals surface area contributed by atoms with Crippen LogP contribution < -0.4 is 5.32 Å². The average molecular weight is 542 g/mol. The number of nitrogens with zero attached hydrogens (tertiary/aromatic N) is 4. The maximum Gasteiger partial charge on any atom is 0.271 e. The standard InChI is InChI=1S/C24H17Cl2N5O2S2/c25-17-8-2-1-7-16(17)22-29-30-24(31(22)20-10-4-3-9-18(20)26)35-14-21-28-19(13-34-21)23(32)27-12-15-6-5-11-33-15/h1-11,13H,12,14H2,(H,27,32). The van der Waals surface area contributed by atoms with E-state index in [1.165, 1.54) is 23.1 Å². The van der Waals surface area contributed by atoms with Crippen LogP contribution in [-0.4, -0.2) is 25.7 Å². The van der Waals surface area contributed by atoms with Crippen molar-refractivity contribution in [1.82, 2.24) is 25.1 Å². The second-order valence-electron chi connectivity index (χ2n) is 7.25. The lowest BCUT2D eigenvalue weighted by Crippen LogP contribution is -2.22. The van der Waals surface area contributed by atoms with Gasteiger partial charge in [0.15, 0.2) is 11.0 Å². The Labute approximate surface area is 219 Å². The van der Waals surface area contributed by atoms with E-state index in [0.29, 0.717) is 44.8 Å². The molecule has 5 aromatic rings. The zero-order valence-corrected chi connectivity index (χ0v) is 21.2. The molecule has 0 spiro atoms. The van der Waals surface area contributed by atoms with Gasteiger partial charge in [-0.25, -0.2) is 4.98 Å². The van der Waals surface area contributed by atoms with Gasteiger partial charge < -0.3 is 9.73 Å². The van der Waals surface area contributed by atoms with Crippen LogP contribution in [0.2, 0.25) is 10.0 Å². The monoisotopic (exact) mass is 541 g/mol. The van der Waals surface area contributed by atoms with Crippen molar-refractivity contribution in [3.63, 3.8) is 0 Å². The van der Waals surface area contributed by atoms with E-state index in [2.05, 4.69) is 20.5 Å². The topological polar surface area (TPSA) is 85.8 Å². The first-order valence-corrected chi connectivity index (χ1v) is 13.1. The van der Waals surface area contributed by atoms with Crippen LogP contribution in [0.15, 0.2) is 81.9 Å². The highest BCUT2D eigenvalue weighted by Crippen LogP contribution is 2.35. The SMILES string of the molecule is O=C(NCc1ccco1)c1csc(CSc2nnc(-c3ccccc3Cl)n2-c2ccccc2Cl)n1. The van der Waals surface area contributed by atoms with Crippen LogP contribution in [0.4, 0.5) is 0 Å². The van der Waals surface area contributed by atoms with Gasteiger partial charge in [-0.1, -0.05) is 59.2 Å². The predicted molar refractivity (Wildman–Crippen MR) is 138 cm³/mol. The Hall–Kier alpha value is -3.11. The van der Waals surface area contributed by atoms with Crippen molar-refractivity contribution in [2.45, 2.75) is 17.5 Å². The molecule has 0 bridgehead atoms. The van der Waals surface area contributed by atoms with E-state index >= 15 is 0 Å². The number of amides is 1. The van der Waals surface area contributed by atoms with Crippen molar-refractivity contribution in [2.24, 2.45) is 0 Å². The van der Waals surface area contributed by atoms with Gasteiger partial charge in [0.1, 0.15) is 16.5 Å². The highest BCUT2D eigenvalue weighted by molar-refractivity contribution is 7.98. The summed E-state index contributed by atoms with van der Waals surface area (Å²) in [5.74, 6) is 1.51. The second kappa shape index (κ2) is 10.7. The molecule has 5 rings (SSSR count). The molecule has 0 saturated carbocycles. The molecule has 0 aliphatic carbocycles. The molecule has 1 amide bonds. The van der Waals surface area contributed by atoms with Crippen molar-refractivity contribution in [2.75, 3.05) is 0 Å². The number of para-hydroxylation sites is 1. The molecule has 0 atom stereocenters. The molecule has 3 aromatic heterocycles. The van der Waals surface area contributed by atoms with E-state index in [-0.39, 0.29) is 5.91 Å². The summed E-state index contributed by atoms with van der Waals surface area (Å²) in [5.41, 5.74) is 1.86. The zero-order chi connectivity index (χ0) is 24.2. The summed E-state index contributed by atoms with van der Waals surface area (Å²) >= 11 is 15.8. The van der Waals surface area contributed by atoms with Gasteiger partial charge in [-0.2, -0.15) is 0 Å². The van der Waals surface area contributed by atoms with Gasteiger partial charge >= 0.3 is 0 Å². The van der Waals surface area contributed by atoms with E-state index in [0.717, 1.165) is 16.3 Å². The summed E-state index contributed by atoms with van der Waals surface area (Å²) < 4.78 is 7.13. The lowest BCUT2D eigenvalue weighted by Gasteiger charge is -2.12. The largest absolute Gasteiger partial charge is 0.467 e. The number of furan rings is 1. The number of rotatable bonds is 8. The zero-order valence-electron chi connectivity index (χ0n) is 18.0. The van der Waals surface area contributed by atoms with Crippen LogP contribution in [0.25, 0.3) is 17.1 Å². The molecule has 0 radical (unpaired) electrons. The van der Waals surface area contributed by atoms with Crippen molar-refractivity contribution < 1.29 is 9.21 Å². The van der Waals surface area contributed by atoms with Gasteiger partial charge in [0.2, 0.25) is 0 Å². The number of thiazole rings is 1. The van der Waals surface area contributed by atoms with Crippen LogP contribution in [-0.2, 0) is 12.3 Å². The fraction of sp³-hybridized carbons (Fsp3) is 0.0833. The van der Waals surface area contributed by atoms with Gasteiger partial charge in [-0.3, -0.25) is 9.36 Å². The third-order valence-electron chi connectivity index (χ3n) is 4.95.